The molecule has 4 rings (SSSR count). The number of nitrogens with zero attached hydrogens (tertiary/aromatic N) is 2. The first-order chi connectivity index (χ1) is 17.1. The Morgan fingerprint density at radius 1 is 0.528 bits per heavy atom. The summed E-state index contributed by atoms with van der Waals surface area (Å²) < 4.78 is 6.80. The molecule has 0 bridgehead atoms. The van der Waals surface area contributed by atoms with Gasteiger partial charge in [0.25, 0.3) is 0 Å². The van der Waals surface area contributed by atoms with Crippen LogP contribution in [0, 0.1) is 44.1 Å². The van der Waals surface area contributed by atoms with Gasteiger partial charge in [-0.15, -0.1) is 0 Å². The van der Waals surface area contributed by atoms with Gasteiger partial charge in [0.1, 0.15) is 0 Å². The summed E-state index contributed by atoms with van der Waals surface area (Å²) in [6.45, 7) is 2.26. The fourth-order valence-corrected chi connectivity index (χ4v) is 10.8. The molecule has 4 aromatic rings. The van der Waals surface area contributed by atoms with Crippen LogP contribution in [0.1, 0.15) is 35.1 Å². The maximum Gasteiger partial charge on any atom is 0.0992 e. The SMILES string of the molecule is CC(c1ccc(-c2c(I)cc(C#N)cc2I)cc1I)c1ccc(-c2c(I)cc(C#N)cc2I)cc1I. The third kappa shape index (κ3) is 6.18. The molecule has 0 saturated carbocycles. The van der Waals surface area contributed by atoms with Crippen molar-refractivity contribution in [1.82, 2.24) is 0 Å². The van der Waals surface area contributed by atoms with Gasteiger partial charge >= 0.3 is 0 Å². The van der Waals surface area contributed by atoms with Crippen LogP contribution in [0.2, 0.25) is 0 Å². The second-order valence-electron chi connectivity index (χ2n) is 8.05. The van der Waals surface area contributed by atoms with Gasteiger partial charge in [-0.2, -0.15) is 10.5 Å². The summed E-state index contributed by atoms with van der Waals surface area (Å²) in [5.41, 5.74) is 8.67. The van der Waals surface area contributed by atoms with Gasteiger partial charge in [0.05, 0.1) is 23.3 Å². The molecule has 0 atom stereocenters. The minimum absolute atomic E-state index is 0.241. The van der Waals surface area contributed by atoms with Gasteiger partial charge in [0, 0.05) is 38.5 Å². The topological polar surface area (TPSA) is 47.6 Å². The van der Waals surface area contributed by atoms with Crippen molar-refractivity contribution >= 4 is 136 Å². The number of hydrogen-bond acceptors (Lipinski definition) is 2. The summed E-state index contributed by atoms with van der Waals surface area (Å²) in [6.07, 6.45) is 0. The number of benzene rings is 4. The Bertz CT molecular complexity index is 1430. The zero-order valence-corrected chi connectivity index (χ0v) is 31.5. The van der Waals surface area contributed by atoms with E-state index in [1.165, 1.54) is 40.5 Å². The Morgan fingerprint density at radius 3 is 1.14 bits per heavy atom. The zero-order valence-electron chi connectivity index (χ0n) is 18.5. The molecule has 8 heteroatoms. The summed E-state index contributed by atoms with van der Waals surface area (Å²) in [7, 11) is 0. The van der Waals surface area contributed by atoms with Crippen LogP contribution in [-0.2, 0) is 0 Å². The van der Waals surface area contributed by atoms with E-state index < -0.39 is 0 Å². The first kappa shape index (κ1) is 29.2. The molecular formula is C28H14I6N2. The summed E-state index contributed by atoms with van der Waals surface area (Å²) in [6, 6.07) is 25.6. The lowest BCUT2D eigenvalue weighted by atomic mass is 9.90. The van der Waals surface area contributed by atoms with Gasteiger partial charge in [-0.25, -0.2) is 0 Å². The summed E-state index contributed by atoms with van der Waals surface area (Å²) in [4.78, 5) is 0. The fourth-order valence-electron chi connectivity index (χ4n) is 4.06. The van der Waals surface area contributed by atoms with Crippen molar-refractivity contribution in [2.75, 3.05) is 0 Å². The summed E-state index contributed by atoms with van der Waals surface area (Å²) >= 11 is 14.2. The van der Waals surface area contributed by atoms with Gasteiger partial charge in [-0.05, 0) is 194 Å². The summed E-state index contributed by atoms with van der Waals surface area (Å²) in [5, 5.41) is 18.6. The normalized spacial score (nSPS) is 10.8. The van der Waals surface area contributed by atoms with Crippen molar-refractivity contribution < 1.29 is 0 Å². The van der Waals surface area contributed by atoms with Gasteiger partial charge in [-0.3, -0.25) is 0 Å². The molecule has 0 heterocycles. The molecule has 0 aliphatic carbocycles. The highest BCUT2D eigenvalue weighted by molar-refractivity contribution is 14.1. The van der Waals surface area contributed by atoms with E-state index in [1.54, 1.807) is 0 Å². The molecule has 0 radical (unpaired) electrons. The second kappa shape index (κ2) is 12.6. The molecule has 0 spiro atoms. The highest BCUT2D eigenvalue weighted by Crippen LogP contribution is 2.38. The zero-order chi connectivity index (χ0) is 26.1. The van der Waals surface area contributed by atoms with Crippen molar-refractivity contribution in [1.29, 1.82) is 10.5 Å². The maximum absolute atomic E-state index is 9.28. The van der Waals surface area contributed by atoms with Gasteiger partial charge < -0.3 is 0 Å². The van der Waals surface area contributed by atoms with E-state index in [2.05, 4.69) is 191 Å². The lowest BCUT2D eigenvalue weighted by Gasteiger charge is -2.19. The molecule has 2 nitrogen and oxygen atoms in total. The van der Waals surface area contributed by atoms with Crippen LogP contribution in [-0.4, -0.2) is 0 Å². The monoisotopic (exact) mass is 1140 g/mol. The Morgan fingerprint density at radius 2 is 0.861 bits per heavy atom. The van der Waals surface area contributed by atoms with Crippen LogP contribution < -0.4 is 0 Å². The Labute approximate surface area is 292 Å². The number of halogens is 6. The predicted octanol–water partition coefficient (Wildman–Crippen LogP) is 10.5. The molecule has 0 aliphatic heterocycles. The van der Waals surface area contributed by atoms with Crippen LogP contribution in [0.15, 0.2) is 60.7 Å². The quantitative estimate of drug-likeness (QED) is 0.191. The molecule has 36 heavy (non-hydrogen) atoms. The van der Waals surface area contributed by atoms with E-state index in [0.29, 0.717) is 11.1 Å². The highest BCUT2D eigenvalue weighted by atomic mass is 127. The van der Waals surface area contributed by atoms with Crippen LogP contribution in [0.5, 0.6) is 0 Å². The molecule has 0 fully saturated rings. The first-order valence-corrected chi connectivity index (χ1v) is 17.0. The van der Waals surface area contributed by atoms with Crippen LogP contribution in [0.25, 0.3) is 22.3 Å². The van der Waals surface area contributed by atoms with Crippen molar-refractivity contribution in [3.05, 3.63) is 104 Å². The lowest BCUT2D eigenvalue weighted by Crippen LogP contribution is -2.02. The Hall–Kier alpha value is 0.240. The van der Waals surface area contributed by atoms with Crippen LogP contribution in [0.3, 0.4) is 0 Å². The van der Waals surface area contributed by atoms with Gasteiger partial charge in [-0.1, -0.05) is 31.2 Å². The second-order valence-corrected chi connectivity index (χ2v) is 15.0. The number of nitriles is 2. The number of rotatable bonds is 4. The minimum atomic E-state index is 0.241. The standard InChI is InChI=1S/C28H14I6N2/c1-14(19-4-2-17(10-21(19)29)27-23(31)6-15(12-35)7-24(27)32)20-5-3-18(11-22(20)30)28-25(33)8-16(13-36)9-26(28)34/h2-11,14H,1H3. The van der Waals surface area contributed by atoms with E-state index >= 15 is 0 Å². The molecule has 4 aromatic carbocycles. The molecule has 0 unspecified atom stereocenters. The van der Waals surface area contributed by atoms with Crippen LogP contribution in [0.4, 0.5) is 0 Å². The minimum Gasteiger partial charge on any atom is -0.192 e. The largest absolute Gasteiger partial charge is 0.192 e. The van der Waals surface area contributed by atoms with Crippen molar-refractivity contribution in [3.63, 3.8) is 0 Å². The average Bonchev–Trinajstić information content (AvgIpc) is 2.82. The maximum atomic E-state index is 9.28. The van der Waals surface area contributed by atoms with Crippen molar-refractivity contribution in [2.45, 2.75) is 12.8 Å². The molecular weight excluding hydrogens is 1130 g/mol. The fraction of sp³-hybridized carbons (Fsp3) is 0.0714. The van der Waals surface area contributed by atoms with E-state index in [9.17, 15) is 10.5 Å². The smallest absolute Gasteiger partial charge is 0.0992 e. The molecule has 0 amide bonds. The highest BCUT2D eigenvalue weighted by Gasteiger charge is 2.19. The molecule has 0 saturated heterocycles. The van der Waals surface area contributed by atoms with E-state index in [0.717, 1.165) is 14.3 Å². The molecule has 0 N–H and O–H groups in total. The number of hydrogen-bond donors (Lipinski definition) is 0. The molecule has 0 aromatic heterocycles. The van der Waals surface area contributed by atoms with E-state index in [-0.39, 0.29) is 5.92 Å². The van der Waals surface area contributed by atoms with E-state index in [1.807, 2.05) is 24.3 Å². The Kier molecular flexibility index (Phi) is 10.2. The van der Waals surface area contributed by atoms with E-state index in [4.69, 9.17) is 0 Å². The van der Waals surface area contributed by atoms with Crippen LogP contribution >= 0.6 is 136 Å². The van der Waals surface area contributed by atoms with Gasteiger partial charge in [0.15, 0.2) is 0 Å². The average molecular weight is 1140 g/mol. The summed E-state index contributed by atoms with van der Waals surface area (Å²) in [5.74, 6) is 0.241. The lowest BCUT2D eigenvalue weighted by molar-refractivity contribution is 0.908. The Balaban J connectivity index is 1.69. The third-order valence-electron chi connectivity index (χ3n) is 5.85. The third-order valence-corrected chi connectivity index (χ3v) is 11.1. The molecule has 0 aliphatic rings. The van der Waals surface area contributed by atoms with Crippen molar-refractivity contribution in [3.8, 4) is 34.4 Å². The van der Waals surface area contributed by atoms with Crippen molar-refractivity contribution in [2.24, 2.45) is 0 Å². The first-order valence-electron chi connectivity index (χ1n) is 10.5. The molecule has 178 valence electrons. The van der Waals surface area contributed by atoms with Gasteiger partial charge in [0.2, 0.25) is 0 Å². The predicted molar refractivity (Wildman–Crippen MR) is 197 cm³/mol.